The largest absolute Gasteiger partial charge is 0.353 e. The number of benzene rings is 2. The molecule has 0 spiro atoms. The van der Waals surface area contributed by atoms with E-state index in [0.29, 0.717) is 0 Å². The molecule has 0 radical (unpaired) electrons. The topological polar surface area (TPSA) is 20.2 Å². The van der Waals surface area contributed by atoms with Crippen LogP contribution in [-0.4, -0.2) is 9.38 Å². The molecule has 0 saturated heterocycles. The van der Waals surface area contributed by atoms with Crippen LogP contribution in [-0.2, 0) is 0 Å². The van der Waals surface area contributed by atoms with Crippen LogP contribution >= 0.6 is 0 Å². The Hall–Kier alpha value is -3.00. The fourth-order valence-corrected chi connectivity index (χ4v) is 3.64. The molecule has 3 heterocycles. The molecule has 0 aliphatic heterocycles. The second-order valence-corrected chi connectivity index (χ2v) is 6.06. The van der Waals surface area contributed by atoms with Gasteiger partial charge in [-0.15, -0.1) is 0 Å². The fraction of sp³-hybridized carbons (Fsp3) is 0.0476. The summed E-state index contributed by atoms with van der Waals surface area (Å²) in [5, 5.41) is 2.57. The van der Waals surface area contributed by atoms with Gasteiger partial charge in [0.15, 0.2) is 0 Å². The number of nitrogens with one attached hydrogen (secondary N) is 1. The summed E-state index contributed by atoms with van der Waals surface area (Å²) < 4.78 is 2.23. The van der Waals surface area contributed by atoms with Crippen molar-refractivity contribution in [2.45, 2.75) is 6.92 Å². The minimum absolute atomic E-state index is 1.19. The van der Waals surface area contributed by atoms with Crippen molar-refractivity contribution in [3.05, 3.63) is 78.6 Å². The molecular weight excluding hydrogens is 280 g/mol. The predicted octanol–water partition coefficient (Wildman–Crippen LogP) is 5.55. The highest BCUT2D eigenvalue weighted by Gasteiger charge is 2.13. The number of hydrogen-bond donors (Lipinski definition) is 1. The number of fused-ring (bicyclic) bond motifs is 5. The Balaban J connectivity index is 1.92. The number of aromatic amines is 1. The number of aromatic nitrogens is 2. The molecule has 0 atom stereocenters. The van der Waals surface area contributed by atoms with Crippen LogP contribution in [0, 0.1) is 6.92 Å². The first-order chi connectivity index (χ1) is 11.3. The molecule has 23 heavy (non-hydrogen) atoms. The second kappa shape index (κ2) is 4.50. The van der Waals surface area contributed by atoms with Gasteiger partial charge < -0.3 is 9.38 Å². The van der Waals surface area contributed by atoms with E-state index in [-0.39, 0.29) is 0 Å². The number of rotatable bonds is 1. The molecule has 110 valence electrons. The summed E-state index contributed by atoms with van der Waals surface area (Å²) in [6.45, 7) is 2.21. The minimum Gasteiger partial charge on any atom is -0.353 e. The number of H-pyrrole nitrogens is 1. The molecular formula is C21H16N2. The summed E-state index contributed by atoms with van der Waals surface area (Å²) >= 11 is 0. The second-order valence-electron chi connectivity index (χ2n) is 6.06. The third-order valence-electron chi connectivity index (χ3n) is 4.76. The molecule has 2 nitrogen and oxygen atoms in total. The minimum atomic E-state index is 1.19. The predicted molar refractivity (Wildman–Crippen MR) is 96.9 cm³/mol. The first kappa shape index (κ1) is 12.5. The molecule has 1 N–H and O–H groups in total. The summed E-state index contributed by atoms with van der Waals surface area (Å²) in [4.78, 5) is 3.61. The van der Waals surface area contributed by atoms with Gasteiger partial charge in [-0.25, -0.2) is 0 Å². The molecule has 0 amide bonds. The van der Waals surface area contributed by atoms with E-state index in [1.807, 2.05) is 0 Å². The van der Waals surface area contributed by atoms with Crippen molar-refractivity contribution in [3.63, 3.8) is 0 Å². The van der Waals surface area contributed by atoms with E-state index in [4.69, 9.17) is 0 Å². The van der Waals surface area contributed by atoms with Crippen molar-refractivity contribution in [1.82, 2.24) is 9.38 Å². The van der Waals surface area contributed by atoms with Crippen LogP contribution in [0.5, 0.6) is 0 Å². The van der Waals surface area contributed by atoms with Crippen LogP contribution in [0.15, 0.2) is 73.1 Å². The van der Waals surface area contributed by atoms with E-state index in [9.17, 15) is 0 Å². The lowest BCUT2D eigenvalue weighted by Gasteiger charge is -2.00. The summed E-state index contributed by atoms with van der Waals surface area (Å²) in [5.41, 5.74) is 7.53. The average molecular weight is 296 g/mol. The maximum Gasteiger partial charge on any atom is 0.0729 e. The molecule has 0 fully saturated rings. The van der Waals surface area contributed by atoms with E-state index in [1.54, 1.807) is 0 Å². The average Bonchev–Trinajstić information content (AvgIpc) is 3.13. The van der Waals surface area contributed by atoms with Crippen molar-refractivity contribution < 1.29 is 0 Å². The number of aryl methyl sites for hydroxylation is 1. The number of pyridine rings is 1. The van der Waals surface area contributed by atoms with E-state index < -0.39 is 0 Å². The van der Waals surface area contributed by atoms with Gasteiger partial charge in [0.05, 0.1) is 11.0 Å². The zero-order chi connectivity index (χ0) is 15.4. The highest BCUT2D eigenvalue weighted by atomic mass is 14.9. The summed E-state index contributed by atoms with van der Waals surface area (Å²) in [5.74, 6) is 0. The molecule has 0 saturated carbocycles. The van der Waals surface area contributed by atoms with E-state index in [0.717, 1.165) is 0 Å². The first-order valence-electron chi connectivity index (χ1n) is 7.89. The first-order valence-corrected chi connectivity index (χ1v) is 7.89. The Labute approximate surface area is 134 Å². The lowest BCUT2D eigenvalue weighted by atomic mass is 10.0. The van der Waals surface area contributed by atoms with E-state index in [1.165, 1.54) is 44.0 Å². The van der Waals surface area contributed by atoms with Crippen molar-refractivity contribution in [3.8, 4) is 11.1 Å². The Morgan fingerprint density at radius 1 is 0.826 bits per heavy atom. The SMILES string of the molecule is Cc1c(-c2ccccc2)cn2ccc3c4ccccc4[nH]c3c12. The van der Waals surface area contributed by atoms with Crippen LogP contribution in [0.25, 0.3) is 38.4 Å². The quantitative estimate of drug-likeness (QED) is 0.418. The lowest BCUT2D eigenvalue weighted by Crippen LogP contribution is -1.83. The van der Waals surface area contributed by atoms with Gasteiger partial charge in [-0.1, -0.05) is 48.5 Å². The maximum atomic E-state index is 3.61. The van der Waals surface area contributed by atoms with Gasteiger partial charge in [-0.3, -0.25) is 0 Å². The Morgan fingerprint density at radius 3 is 2.48 bits per heavy atom. The van der Waals surface area contributed by atoms with Gasteiger partial charge in [0.25, 0.3) is 0 Å². The van der Waals surface area contributed by atoms with Crippen LogP contribution < -0.4 is 0 Å². The zero-order valence-corrected chi connectivity index (χ0v) is 12.9. The molecule has 0 aliphatic rings. The number of para-hydroxylation sites is 1. The number of nitrogens with zero attached hydrogens (tertiary/aromatic N) is 1. The molecule has 0 bridgehead atoms. The molecule has 0 unspecified atom stereocenters. The van der Waals surface area contributed by atoms with Crippen LogP contribution in [0.4, 0.5) is 0 Å². The highest BCUT2D eigenvalue weighted by Crippen LogP contribution is 2.34. The van der Waals surface area contributed by atoms with Crippen molar-refractivity contribution >= 4 is 27.3 Å². The molecule has 2 aromatic carbocycles. The maximum absolute atomic E-state index is 3.61. The summed E-state index contributed by atoms with van der Waals surface area (Å²) in [6, 6.07) is 21.3. The Kier molecular flexibility index (Phi) is 2.45. The zero-order valence-electron chi connectivity index (χ0n) is 12.9. The van der Waals surface area contributed by atoms with Crippen LogP contribution in [0.3, 0.4) is 0 Å². The van der Waals surface area contributed by atoms with Crippen LogP contribution in [0.1, 0.15) is 5.56 Å². The molecule has 5 aromatic rings. The lowest BCUT2D eigenvalue weighted by molar-refractivity contribution is 1.21. The Morgan fingerprint density at radius 2 is 1.61 bits per heavy atom. The molecule has 2 heteroatoms. The molecule has 5 rings (SSSR count). The van der Waals surface area contributed by atoms with Crippen molar-refractivity contribution in [2.75, 3.05) is 0 Å². The van der Waals surface area contributed by atoms with Crippen LogP contribution in [0.2, 0.25) is 0 Å². The van der Waals surface area contributed by atoms with E-state index >= 15 is 0 Å². The number of hydrogen-bond acceptors (Lipinski definition) is 0. The van der Waals surface area contributed by atoms with Gasteiger partial charge in [-0.05, 0) is 30.2 Å². The third kappa shape index (κ3) is 1.69. The van der Waals surface area contributed by atoms with Crippen molar-refractivity contribution in [1.29, 1.82) is 0 Å². The summed E-state index contributed by atoms with van der Waals surface area (Å²) in [7, 11) is 0. The third-order valence-corrected chi connectivity index (χ3v) is 4.76. The highest BCUT2D eigenvalue weighted by molar-refractivity contribution is 6.13. The fourth-order valence-electron chi connectivity index (χ4n) is 3.64. The van der Waals surface area contributed by atoms with Gasteiger partial charge >= 0.3 is 0 Å². The van der Waals surface area contributed by atoms with Gasteiger partial charge in [0, 0.05) is 34.2 Å². The van der Waals surface area contributed by atoms with E-state index in [2.05, 4.69) is 89.4 Å². The van der Waals surface area contributed by atoms with Gasteiger partial charge in [0.2, 0.25) is 0 Å². The van der Waals surface area contributed by atoms with Gasteiger partial charge in [0.1, 0.15) is 0 Å². The monoisotopic (exact) mass is 296 g/mol. The normalized spacial score (nSPS) is 11.7. The smallest absolute Gasteiger partial charge is 0.0729 e. The van der Waals surface area contributed by atoms with Gasteiger partial charge in [-0.2, -0.15) is 0 Å². The van der Waals surface area contributed by atoms with Crippen molar-refractivity contribution in [2.24, 2.45) is 0 Å². The Bertz CT molecular complexity index is 1160. The standard InChI is InChI=1S/C21H16N2/c1-14-18(15-7-3-2-4-8-15)13-23-12-11-17-16-9-5-6-10-19(16)22-20(17)21(14)23/h2-13,22H,1H3. The molecule has 0 aliphatic carbocycles. The summed E-state index contributed by atoms with van der Waals surface area (Å²) in [6.07, 6.45) is 4.39. The molecule has 3 aromatic heterocycles.